The van der Waals surface area contributed by atoms with E-state index < -0.39 is 0 Å². The molecule has 41 heavy (non-hydrogen) atoms. The van der Waals surface area contributed by atoms with E-state index in [0.717, 1.165) is 30.0 Å². The van der Waals surface area contributed by atoms with E-state index in [4.69, 9.17) is 16.3 Å². The van der Waals surface area contributed by atoms with Gasteiger partial charge < -0.3 is 9.64 Å². The number of aromatic nitrogens is 1. The Morgan fingerprint density at radius 1 is 0.878 bits per heavy atom. The van der Waals surface area contributed by atoms with Crippen LogP contribution in [-0.2, 0) is 17.9 Å². The van der Waals surface area contributed by atoms with Crippen molar-refractivity contribution in [3.8, 4) is 5.75 Å². The quantitative estimate of drug-likeness (QED) is 0.0958. The molecule has 0 N–H and O–H groups in total. The number of hydrogen-bond donors (Lipinski definition) is 0. The number of amides is 1. The zero-order valence-corrected chi connectivity index (χ0v) is 27.1. The molecule has 3 aromatic rings. The van der Waals surface area contributed by atoms with Gasteiger partial charge in [-0.25, -0.2) is 0 Å². The van der Waals surface area contributed by atoms with Crippen LogP contribution < -0.4 is 14.2 Å². The first-order valence-corrected chi connectivity index (χ1v) is 17.0. The zero-order valence-electron chi connectivity index (χ0n) is 25.5. The summed E-state index contributed by atoms with van der Waals surface area (Å²) >= 11 is 8.35. The standard InChI is InChI=1S/C35H50ClN2O2S/c1-4-6-7-8-9-10-11-12-13-14-15-16-22-40-34-21-20-31(24-33(34)36)27-38(35(39)5-2)32-19-17-18-30(23-32)26-37-25-29(3)41-28-37/h17-21,23-25,28H,4-16,22,26-27H2,1-3H3/q+1. The van der Waals surface area contributed by atoms with E-state index in [9.17, 15) is 4.79 Å². The molecular formula is C35H50ClN2O2S+. The van der Waals surface area contributed by atoms with Crippen LogP contribution in [0.3, 0.4) is 0 Å². The van der Waals surface area contributed by atoms with Crippen LogP contribution in [0.25, 0.3) is 0 Å². The van der Waals surface area contributed by atoms with Crippen LogP contribution in [0.5, 0.6) is 5.75 Å². The molecule has 0 unspecified atom stereocenters. The highest BCUT2D eigenvalue weighted by Crippen LogP contribution is 2.28. The number of ether oxygens (including phenoxy) is 1. The molecule has 2 aromatic carbocycles. The van der Waals surface area contributed by atoms with Gasteiger partial charge in [-0.15, -0.1) is 0 Å². The molecule has 0 spiro atoms. The molecule has 0 atom stereocenters. The lowest BCUT2D eigenvalue weighted by atomic mass is 10.1. The molecule has 224 valence electrons. The van der Waals surface area contributed by atoms with Crippen molar-refractivity contribution in [2.24, 2.45) is 0 Å². The number of carbonyl (C=O) groups excluding carboxylic acids is 1. The molecule has 0 saturated carbocycles. The normalized spacial score (nSPS) is 11.1. The Hall–Kier alpha value is -2.37. The molecule has 0 aliphatic rings. The van der Waals surface area contributed by atoms with Gasteiger partial charge in [0.1, 0.15) is 5.75 Å². The van der Waals surface area contributed by atoms with E-state index in [-0.39, 0.29) is 5.91 Å². The van der Waals surface area contributed by atoms with Gasteiger partial charge in [0.25, 0.3) is 0 Å². The molecule has 0 fully saturated rings. The number of aryl methyl sites for hydroxylation is 1. The smallest absolute Gasteiger partial charge is 0.227 e. The van der Waals surface area contributed by atoms with Crippen molar-refractivity contribution in [2.75, 3.05) is 11.5 Å². The maximum Gasteiger partial charge on any atom is 0.227 e. The second kappa shape index (κ2) is 18.9. The lowest BCUT2D eigenvalue weighted by molar-refractivity contribution is -0.683. The Kier molecular flexibility index (Phi) is 15.3. The van der Waals surface area contributed by atoms with Crippen molar-refractivity contribution in [2.45, 2.75) is 117 Å². The number of halogens is 1. The molecule has 6 heteroatoms. The molecule has 1 amide bonds. The van der Waals surface area contributed by atoms with Gasteiger partial charge in [-0.1, -0.05) is 126 Å². The van der Waals surface area contributed by atoms with Crippen molar-refractivity contribution in [1.82, 2.24) is 0 Å². The Morgan fingerprint density at radius 3 is 2.17 bits per heavy atom. The molecule has 1 aromatic heterocycles. The highest BCUT2D eigenvalue weighted by atomic mass is 35.5. The Bertz CT molecular complexity index is 1180. The summed E-state index contributed by atoms with van der Waals surface area (Å²) in [5.74, 6) is 0.807. The van der Waals surface area contributed by atoms with E-state index >= 15 is 0 Å². The first kappa shape index (κ1) is 33.1. The number of thiazole rings is 1. The lowest BCUT2D eigenvalue weighted by Crippen LogP contribution is -2.32. The van der Waals surface area contributed by atoms with Crippen LogP contribution in [0.1, 0.15) is 113 Å². The fraction of sp³-hybridized carbons (Fsp3) is 0.543. The summed E-state index contributed by atoms with van der Waals surface area (Å²) in [6, 6.07) is 14.2. The first-order valence-electron chi connectivity index (χ1n) is 15.7. The first-order chi connectivity index (χ1) is 20.0. The van der Waals surface area contributed by atoms with Crippen molar-refractivity contribution in [3.05, 3.63) is 75.2 Å². The number of hydrogen-bond acceptors (Lipinski definition) is 3. The highest BCUT2D eigenvalue weighted by Gasteiger charge is 2.17. The number of nitrogens with zero attached hydrogens (tertiary/aromatic N) is 2. The van der Waals surface area contributed by atoms with Crippen molar-refractivity contribution >= 4 is 34.5 Å². The fourth-order valence-corrected chi connectivity index (χ4v) is 6.03. The van der Waals surface area contributed by atoms with Crippen molar-refractivity contribution in [3.63, 3.8) is 0 Å². The minimum absolute atomic E-state index is 0.0876. The summed E-state index contributed by atoms with van der Waals surface area (Å²) in [5.41, 5.74) is 5.19. The van der Waals surface area contributed by atoms with Gasteiger partial charge in [-0.05, 0) is 43.2 Å². The van der Waals surface area contributed by atoms with Gasteiger partial charge in [0.2, 0.25) is 11.4 Å². The second-order valence-electron chi connectivity index (χ2n) is 11.1. The lowest BCUT2D eigenvalue weighted by Gasteiger charge is -2.23. The summed E-state index contributed by atoms with van der Waals surface area (Å²) in [6.07, 6.45) is 18.5. The second-order valence-corrected chi connectivity index (χ2v) is 12.6. The fourth-order valence-electron chi connectivity index (χ4n) is 5.14. The van der Waals surface area contributed by atoms with Gasteiger partial charge in [0.05, 0.1) is 23.1 Å². The van der Waals surface area contributed by atoms with Gasteiger partial charge in [0, 0.05) is 17.7 Å². The van der Waals surface area contributed by atoms with Crippen LogP contribution >= 0.6 is 22.9 Å². The van der Waals surface area contributed by atoms with E-state index in [0.29, 0.717) is 24.6 Å². The predicted octanol–water partition coefficient (Wildman–Crippen LogP) is 10.1. The van der Waals surface area contributed by atoms with E-state index in [1.54, 1.807) is 11.3 Å². The largest absolute Gasteiger partial charge is 0.492 e. The SMILES string of the molecule is CCCCCCCCCCCCCCOc1ccc(CN(C(=O)CC)c2cccc(C[n+]3csc(C)c3)c2)cc1Cl. The Morgan fingerprint density at radius 2 is 1.56 bits per heavy atom. The third-order valence-electron chi connectivity index (χ3n) is 7.50. The van der Waals surface area contributed by atoms with Crippen LogP contribution in [0.2, 0.25) is 5.02 Å². The highest BCUT2D eigenvalue weighted by molar-refractivity contribution is 7.09. The summed E-state index contributed by atoms with van der Waals surface area (Å²) in [6.45, 7) is 8.23. The van der Waals surface area contributed by atoms with Crippen LogP contribution in [0.15, 0.2) is 54.2 Å². The van der Waals surface area contributed by atoms with Gasteiger partial charge in [-0.2, -0.15) is 4.57 Å². The number of anilines is 1. The van der Waals surface area contributed by atoms with Gasteiger partial charge >= 0.3 is 0 Å². The molecule has 4 nitrogen and oxygen atoms in total. The average molecular weight is 598 g/mol. The van der Waals surface area contributed by atoms with Crippen LogP contribution in [0.4, 0.5) is 5.69 Å². The third-order valence-corrected chi connectivity index (χ3v) is 8.65. The predicted molar refractivity (Wildman–Crippen MR) is 174 cm³/mol. The molecule has 3 rings (SSSR count). The van der Waals surface area contributed by atoms with E-state index in [1.807, 2.05) is 42.2 Å². The monoisotopic (exact) mass is 597 g/mol. The van der Waals surface area contributed by atoms with E-state index in [1.165, 1.54) is 81.1 Å². The third kappa shape index (κ3) is 12.2. The van der Waals surface area contributed by atoms with Gasteiger partial charge in [0.15, 0.2) is 12.7 Å². The molecular weight excluding hydrogens is 548 g/mol. The van der Waals surface area contributed by atoms with E-state index in [2.05, 4.69) is 42.3 Å². The number of unbranched alkanes of at least 4 members (excludes halogenated alkanes) is 11. The zero-order chi connectivity index (χ0) is 29.3. The van der Waals surface area contributed by atoms with Crippen molar-refractivity contribution < 1.29 is 14.1 Å². The minimum atomic E-state index is 0.0876. The Balaban J connectivity index is 1.43. The van der Waals surface area contributed by atoms with Gasteiger partial charge in [-0.3, -0.25) is 4.79 Å². The topological polar surface area (TPSA) is 33.4 Å². The van der Waals surface area contributed by atoms with Crippen molar-refractivity contribution in [1.29, 1.82) is 0 Å². The summed E-state index contributed by atoms with van der Waals surface area (Å²) in [7, 11) is 0. The number of benzene rings is 2. The molecule has 0 aliphatic heterocycles. The Labute approximate surface area is 257 Å². The summed E-state index contributed by atoms with van der Waals surface area (Å²) in [4.78, 5) is 16.1. The van der Waals surface area contributed by atoms with Crippen LogP contribution in [0, 0.1) is 6.92 Å². The molecule has 0 bridgehead atoms. The van der Waals surface area contributed by atoms with Crippen LogP contribution in [-0.4, -0.2) is 12.5 Å². The minimum Gasteiger partial charge on any atom is -0.492 e. The maximum atomic E-state index is 13.0. The maximum absolute atomic E-state index is 13.0. The molecule has 1 heterocycles. The summed E-state index contributed by atoms with van der Waals surface area (Å²) < 4.78 is 8.18. The molecule has 0 aliphatic carbocycles. The average Bonchev–Trinajstić information content (AvgIpc) is 3.38. The number of rotatable bonds is 20. The summed E-state index contributed by atoms with van der Waals surface area (Å²) in [5, 5.41) is 0.600. The molecule has 0 radical (unpaired) electrons. The molecule has 0 saturated heterocycles. The number of carbonyl (C=O) groups is 1.